The maximum Gasteiger partial charge on any atom is 0.262 e. The van der Waals surface area contributed by atoms with Crippen molar-refractivity contribution >= 4 is 21.6 Å². The summed E-state index contributed by atoms with van der Waals surface area (Å²) in [5.41, 5.74) is 4.77. The minimum absolute atomic E-state index is 0.0810. The number of anilines is 1. The summed E-state index contributed by atoms with van der Waals surface area (Å²) in [7, 11) is -3.23. The highest BCUT2D eigenvalue weighted by Gasteiger charge is 2.25. The van der Waals surface area contributed by atoms with Crippen LogP contribution in [-0.2, 0) is 27.8 Å². The zero-order chi connectivity index (χ0) is 21.2. The van der Waals surface area contributed by atoms with Gasteiger partial charge in [0.2, 0.25) is 10.0 Å². The molecule has 1 aliphatic rings. The molecule has 0 unspecified atom stereocenters. The second-order valence-electron chi connectivity index (χ2n) is 7.82. The van der Waals surface area contributed by atoms with E-state index in [0.29, 0.717) is 25.4 Å². The number of amides is 1. The van der Waals surface area contributed by atoms with Gasteiger partial charge in [0.25, 0.3) is 5.91 Å². The Balaban J connectivity index is 1.69. The van der Waals surface area contributed by atoms with Gasteiger partial charge in [-0.15, -0.1) is 0 Å². The smallest absolute Gasteiger partial charge is 0.262 e. The molecule has 0 aromatic heterocycles. The van der Waals surface area contributed by atoms with Crippen LogP contribution in [0.3, 0.4) is 0 Å². The maximum atomic E-state index is 12.5. The second-order valence-corrected chi connectivity index (χ2v) is 9.81. The topological polar surface area (TPSA) is 75.7 Å². The van der Waals surface area contributed by atoms with E-state index in [1.165, 1.54) is 10.6 Å². The first-order chi connectivity index (χ1) is 13.6. The van der Waals surface area contributed by atoms with E-state index in [0.717, 1.165) is 33.7 Å². The van der Waals surface area contributed by atoms with Crippen molar-refractivity contribution in [2.24, 2.45) is 0 Å². The van der Waals surface area contributed by atoms with Gasteiger partial charge in [-0.3, -0.25) is 4.79 Å². The van der Waals surface area contributed by atoms with Gasteiger partial charge in [-0.05, 0) is 53.6 Å². The lowest BCUT2D eigenvalue weighted by atomic mass is 9.99. The monoisotopic (exact) mass is 416 g/mol. The van der Waals surface area contributed by atoms with Gasteiger partial charge in [0, 0.05) is 18.8 Å². The number of carbonyl (C=O) groups excluding carboxylic acids is 1. The molecule has 0 fully saturated rings. The molecular weight excluding hydrogens is 388 g/mol. The number of nitrogens with one attached hydrogen (secondary N) is 1. The first-order valence-corrected chi connectivity index (χ1v) is 11.6. The number of ether oxygens (including phenoxy) is 1. The predicted molar refractivity (Wildman–Crippen MR) is 115 cm³/mol. The molecule has 7 heteroatoms. The number of sulfonamides is 1. The molecule has 1 amide bonds. The largest absolute Gasteiger partial charge is 0.483 e. The fraction of sp³-hybridized carbons (Fsp3) is 0.409. The van der Waals surface area contributed by atoms with Crippen LogP contribution >= 0.6 is 0 Å². The lowest BCUT2D eigenvalue weighted by Gasteiger charge is -2.28. The third-order valence-corrected chi connectivity index (χ3v) is 6.37. The first-order valence-electron chi connectivity index (χ1n) is 9.74. The predicted octanol–water partition coefficient (Wildman–Crippen LogP) is 3.45. The molecule has 156 valence electrons. The molecule has 0 bridgehead atoms. The summed E-state index contributed by atoms with van der Waals surface area (Å²) in [5.74, 6) is 0.793. The Hall–Kier alpha value is -2.38. The quantitative estimate of drug-likeness (QED) is 0.783. The average molecular weight is 417 g/mol. The third-order valence-electron chi connectivity index (χ3n) is 5.12. The van der Waals surface area contributed by atoms with Crippen molar-refractivity contribution in [3.63, 3.8) is 0 Å². The van der Waals surface area contributed by atoms with Crippen molar-refractivity contribution in [1.29, 1.82) is 0 Å². The van der Waals surface area contributed by atoms with Gasteiger partial charge >= 0.3 is 0 Å². The lowest BCUT2D eigenvalue weighted by molar-refractivity contribution is -0.118. The van der Waals surface area contributed by atoms with Gasteiger partial charge in [0.15, 0.2) is 6.61 Å². The Morgan fingerprint density at radius 3 is 2.69 bits per heavy atom. The fourth-order valence-corrected chi connectivity index (χ4v) is 4.35. The summed E-state index contributed by atoms with van der Waals surface area (Å²) in [4.78, 5) is 12.5. The molecular formula is C22H28N2O4S. The third kappa shape index (κ3) is 5.16. The van der Waals surface area contributed by atoms with E-state index in [4.69, 9.17) is 4.74 Å². The van der Waals surface area contributed by atoms with Crippen LogP contribution in [0.25, 0.3) is 0 Å². The van der Waals surface area contributed by atoms with E-state index < -0.39 is 10.0 Å². The molecule has 29 heavy (non-hydrogen) atoms. The molecule has 0 saturated heterocycles. The molecule has 0 spiro atoms. The van der Waals surface area contributed by atoms with Crippen LogP contribution in [0, 0.1) is 6.92 Å². The molecule has 1 N–H and O–H groups in total. The number of benzene rings is 2. The number of carbonyl (C=O) groups is 1. The van der Waals surface area contributed by atoms with Gasteiger partial charge < -0.3 is 10.1 Å². The van der Waals surface area contributed by atoms with E-state index in [1.807, 2.05) is 43.3 Å². The number of fused-ring (bicyclic) bond motifs is 1. The Kier molecular flexibility index (Phi) is 6.29. The van der Waals surface area contributed by atoms with Crippen molar-refractivity contribution in [2.45, 2.75) is 39.7 Å². The van der Waals surface area contributed by atoms with E-state index in [1.54, 1.807) is 0 Å². The number of rotatable bonds is 6. The summed E-state index contributed by atoms with van der Waals surface area (Å²) in [6.45, 7) is 6.84. The maximum absolute atomic E-state index is 12.5. The van der Waals surface area contributed by atoms with Crippen LogP contribution < -0.4 is 10.1 Å². The van der Waals surface area contributed by atoms with Gasteiger partial charge in [-0.1, -0.05) is 38.1 Å². The fourth-order valence-electron chi connectivity index (χ4n) is 3.56. The van der Waals surface area contributed by atoms with E-state index in [9.17, 15) is 13.2 Å². The summed E-state index contributed by atoms with van der Waals surface area (Å²) in [6.07, 6.45) is 1.78. The van der Waals surface area contributed by atoms with E-state index >= 15 is 0 Å². The Bertz CT molecular complexity index is 1020. The second kappa shape index (κ2) is 8.55. The minimum atomic E-state index is -3.23. The molecule has 6 nitrogen and oxygen atoms in total. The molecule has 2 aromatic carbocycles. The zero-order valence-electron chi connectivity index (χ0n) is 17.4. The molecule has 0 atom stereocenters. The lowest BCUT2D eigenvalue weighted by Crippen LogP contribution is -2.35. The van der Waals surface area contributed by atoms with Crippen LogP contribution in [0.2, 0.25) is 0 Å². The van der Waals surface area contributed by atoms with Crippen molar-refractivity contribution < 1.29 is 17.9 Å². The van der Waals surface area contributed by atoms with Gasteiger partial charge in [-0.25, -0.2) is 8.42 Å². The van der Waals surface area contributed by atoms with Crippen molar-refractivity contribution in [3.8, 4) is 5.75 Å². The highest BCUT2D eigenvalue weighted by Crippen LogP contribution is 2.29. The Morgan fingerprint density at radius 2 is 2.00 bits per heavy atom. The Morgan fingerprint density at radius 1 is 1.24 bits per heavy atom. The molecule has 0 radical (unpaired) electrons. The van der Waals surface area contributed by atoms with Crippen LogP contribution in [-0.4, -0.2) is 38.0 Å². The molecule has 2 aromatic rings. The molecule has 1 heterocycles. The molecule has 1 aliphatic heterocycles. The molecule has 0 saturated carbocycles. The van der Waals surface area contributed by atoms with E-state index in [2.05, 4.69) is 19.2 Å². The zero-order valence-corrected chi connectivity index (χ0v) is 18.2. The van der Waals surface area contributed by atoms with Gasteiger partial charge in [0.05, 0.1) is 6.26 Å². The average Bonchev–Trinajstić information content (AvgIpc) is 2.65. The SMILES string of the molecule is Cc1ccc(C(C)C)c(OCC(=O)Nc2cccc3c2CCN(S(C)(=O)=O)C3)c1. The first kappa shape index (κ1) is 21.3. The highest BCUT2D eigenvalue weighted by molar-refractivity contribution is 7.88. The van der Waals surface area contributed by atoms with Crippen molar-refractivity contribution in [2.75, 3.05) is 24.7 Å². The highest BCUT2D eigenvalue weighted by atomic mass is 32.2. The Labute approximate surface area is 172 Å². The normalized spacial score (nSPS) is 14.5. The number of aryl methyl sites for hydroxylation is 1. The van der Waals surface area contributed by atoms with Gasteiger partial charge in [0.1, 0.15) is 5.75 Å². The van der Waals surface area contributed by atoms with Crippen LogP contribution in [0.15, 0.2) is 36.4 Å². The van der Waals surface area contributed by atoms with E-state index in [-0.39, 0.29) is 12.5 Å². The standard InChI is InChI=1S/C22H28N2O4S/c1-15(2)18-9-8-16(3)12-21(18)28-14-22(25)23-20-7-5-6-17-13-24(29(4,26)27)11-10-19(17)20/h5-9,12,15H,10-11,13-14H2,1-4H3,(H,23,25). The summed E-state index contributed by atoms with van der Waals surface area (Å²) in [5, 5.41) is 2.93. The minimum Gasteiger partial charge on any atom is -0.483 e. The van der Waals surface area contributed by atoms with Crippen LogP contribution in [0.1, 0.15) is 42.0 Å². The number of hydrogen-bond donors (Lipinski definition) is 1. The van der Waals surface area contributed by atoms with Crippen LogP contribution in [0.4, 0.5) is 5.69 Å². The van der Waals surface area contributed by atoms with Crippen LogP contribution in [0.5, 0.6) is 5.75 Å². The summed E-state index contributed by atoms with van der Waals surface area (Å²) < 4.78 is 30.9. The summed E-state index contributed by atoms with van der Waals surface area (Å²) >= 11 is 0. The van der Waals surface area contributed by atoms with Crippen molar-refractivity contribution in [3.05, 3.63) is 58.7 Å². The van der Waals surface area contributed by atoms with Crippen molar-refractivity contribution in [1.82, 2.24) is 4.31 Å². The summed E-state index contributed by atoms with van der Waals surface area (Å²) in [6, 6.07) is 11.6. The number of nitrogens with zero attached hydrogens (tertiary/aromatic N) is 1. The molecule has 0 aliphatic carbocycles. The number of hydrogen-bond acceptors (Lipinski definition) is 4. The van der Waals surface area contributed by atoms with Gasteiger partial charge in [-0.2, -0.15) is 4.31 Å². The molecule has 3 rings (SSSR count).